The summed E-state index contributed by atoms with van der Waals surface area (Å²) >= 11 is 6.18. The molecule has 102 valence electrons. The molecule has 1 aromatic heterocycles. The average molecular weight is 281 g/mol. The molecule has 0 fully saturated rings. The minimum Gasteiger partial charge on any atom is -0.496 e. The molecule has 2 aromatic rings. The van der Waals surface area contributed by atoms with E-state index in [4.69, 9.17) is 16.3 Å². The van der Waals surface area contributed by atoms with Crippen molar-refractivity contribution in [3.63, 3.8) is 0 Å². The van der Waals surface area contributed by atoms with E-state index in [-0.39, 0.29) is 0 Å². The van der Waals surface area contributed by atoms with Gasteiger partial charge in [-0.1, -0.05) is 17.7 Å². The van der Waals surface area contributed by atoms with E-state index in [2.05, 4.69) is 5.10 Å². The fourth-order valence-electron chi connectivity index (χ4n) is 2.17. The standard InChI is InChI=1S/C14H17ClN2O2/c1-8-14(15)9(2)17(16-8)11-6-5-7-12(19-4)13(11)10(3)18/h5-7,10,18H,1-4H3. The lowest BCUT2D eigenvalue weighted by molar-refractivity contribution is 0.194. The molecule has 2 rings (SSSR count). The van der Waals surface area contributed by atoms with E-state index < -0.39 is 6.10 Å². The van der Waals surface area contributed by atoms with Crippen molar-refractivity contribution >= 4 is 11.6 Å². The molecular formula is C14H17ClN2O2. The molecule has 0 bridgehead atoms. The smallest absolute Gasteiger partial charge is 0.126 e. The molecule has 5 heteroatoms. The van der Waals surface area contributed by atoms with Crippen LogP contribution in [0.15, 0.2) is 18.2 Å². The van der Waals surface area contributed by atoms with Crippen molar-refractivity contribution < 1.29 is 9.84 Å². The molecule has 0 spiro atoms. The van der Waals surface area contributed by atoms with Gasteiger partial charge in [0.25, 0.3) is 0 Å². The molecule has 0 aliphatic heterocycles. The molecule has 1 aromatic carbocycles. The number of ether oxygens (including phenoxy) is 1. The van der Waals surface area contributed by atoms with Crippen molar-refractivity contribution in [2.24, 2.45) is 0 Å². The predicted molar refractivity (Wildman–Crippen MR) is 75.2 cm³/mol. The molecule has 4 nitrogen and oxygen atoms in total. The van der Waals surface area contributed by atoms with Crippen LogP contribution < -0.4 is 4.74 Å². The number of aliphatic hydroxyl groups is 1. The quantitative estimate of drug-likeness (QED) is 0.939. The highest BCUT2D eigenvalue weighted by atomic mass is 35.5. The normalized spacial score (nSPS) is 12.5. The second-order valence-electron chi connectivity index (χ2n) is 4.47. The van der Waals surface area contributed by atoms with Crippen LogP contribution in [0.5, 0.6) is 5.75 Å². The van der Waals surface area contributed by atoms with Crippen molar-refractivity contribution in [3.05, 3.63) is 40.2 Å². The molecule has 0 aliphatic carbocycles. The fourth-order valence-corrected chi connectivity index (χ4v) is 2.29. The molecule has 1 N–H and O–H groups in total. The number of methoxy groups -OCH3 is 1. The summed E-state index contributed by atoms with van der Waals surface area (Å²) in [5, 5.41) is 15.0. The molecule has 1 unspecified atom stereocenters. The molecule has 0 saturated carbocycles. The third-order valence-electron chi connectivity index (χ3n) is 3.11. The zero-order valence-corrected chi connectivity index (χ0v) is 12.2. The predicted octanol–water partition coefficient (Wildman–Crippen LogP) is 3.20. The molecule has 0 amide bonds. The summed E-state index contributed by atoms with van der Waals surface area (Å²) in [5.74, 6) is 0.635. The highest BCUT2D eigenvalue weighted by Gasteiger charge is 2.19. The van der Waals surface area contributed by atoms with Gasteiger partial charge in [-0.05, 0) is 32.9 Å². The van der Waals surface area contributed by atoms with Crippen LogP contribution in [-0.2, 0) is 0 Å². The van der Waals surface area contributed by atoms with Crippen molar-refractivity contribution in [2.75, 3.05) is 7.11 Å². The van der Waals surface area contributed by atoms with Gasteiger partial charge in [-0.3, -0.25) is 0 Å². The van der Waals surface area contributed by atoms with E-state index in [1.807, 2.05) is 32.0 Å². The van der Waals surface area contributed by atoms with Crippen LogP contribution in [0.2, 0.25) is 5.02 Å². The van der Waals surface area contributed by atoms with Gasteiger partial charge < -0.3 is 9.84 Å². The first-order valence-corrected chi connectivity index (χ1v) is 6.42. The monoisotopic (exact) mass is 280 g/mol. The molecule has 0 radical (unpaired) electrons. The number of rotatable bonds is 3. The van der Waals surface area contributed by atoms with Gasteiger partial charge >= 0.3 is 0 Å². The Labute approximate surface area is 117 Å². The first-order valence-electron chi connectivity index (χ1n) is 6.04. The largest absolute Gasteiger partial charge is 0.496 e. The SMILES string of the molecule is COc1cccc(-n2nc(C)c(Cl)c2C)c1C(C)O. The number of hydrogen-bond acceptors (Lipinski definition) is 3. The molecule has 1 heterocycles. The van der Waals surface area contributed by atoms with Gasteiger partial charge in [0.05, 0.1) is 35.3 Å². The molecule has 0 aliphatic rings. The minimum absolute atomic E-state index is 0.635. The average Bonchev–Trinajstić information content (AvgIpc) is 2.65. The minimum atomic E-state index is -0.658. The second kappa shape index (κ2) is 5.23. The fraction of sp³-hybridized carbons (Fsp3) is 0.357. The van der Waals surface area contributed by atoms with E-state index in [1.54, 1.807) is 18.7 Å². The third-order valence-corrected chi connectivity index (χ3v) is 3.66. The van der Waals surface area contributed by atoms with Gasteiger partial charge in [0.15, 0.2) is 0 Å². The zero-order valence-electron chi connectivity index (χ0n) is 11.4. The van der Waals surface area contributed by atoms with E-state index in [9.17, 15) is 5.11 Å². The maximum absolute atomic E-state index is 9.99. The Kier molecular flexibility index (Phi) is 3.83. The van der Waals surface area contributed by atoms with E-state index in [1.165, 1.54) is 0 Å². The Balaban J connectivity index is 2.71. The molecule has 19 heavy (non-hydrogen) atoms. The topological polar surface area (TPSA) is 47.3 Å². The van der Waals surface area contributed by atoms with Crippen LogP contribution in [0.1, 0.15) is 30.0 Å². The Morgan fingerprint density at radius 3 is 2.53 bits per heavy atom. The zero-order chi connectivity index (χ0) is 14.2. The molecule has 0 saturated heterocycles. The highest BCUT2D eigenvalue weighted by Crippen LogP contribution is 2.33. The number of aryl methyl sites for hydroxylation is 1. The van der Waals surface area contributed by atoms with Crippen molar-refractivity contribution in [1.29, 1.82) is 0 Å². The third kappa shape index (κ3) is 2.33. The Morgan fingerprint density at radius 1 is 1.37 bits per heavy atom. The first kappa shape index (κ1) is 13.9. The first-order chi connectivity index (χ1) is 8.97. The second-order valence-corrected chi connectivity index (χ2v) is 4.84. The summed E-state index contributed by atoms with van der Waals surface area (Å²) in [4.78, 5) is 0. The lowest BCUT2D eigenvalue weighted by Gasteiger charge is -2.17. The van der Waals surface area contributed by atoms with Gasteiger partial charge in [0, 0.05) is 5.56 Å². The van der Waals surface area contributed by atoms with Crippen molar-refractivity contribution in [2.45, 2.75) is 26.9 Å². The Bertz CT molecular complexity index is 606. The molecular weight excluding hydrogens is 264 g/mol. The van der Waals surface area contributed by atoms with Gasteiger partial charge in [0.1, 0.15) is 5.75 Å². The number of nitrogens with zero attached hydrogens (tertiary/aromatic N) is 2. The van der Waals surface area contributed by atoms with E-state index >= 15 is 0 Å². The summed E-state index contributed by atoms with van der Waals surface area (Å²) in [6, 6.07) is 5.57. The van der Waals surface area contributed by atoms with Crippen LogP contribution in [0.25, 0.3) is 5.69 Å². The summed E-state index contributed by atoms with van der Waals surface area (Å²) in [6.45, 7) is 5.45. The highest BCUT2D eigenvalue weighted by molar-refractivity contribution is 6.31. The maximum atomic E-state index is 9.99. The summed E-state index contributed by atoms with van der Waals surface area (Å²) in [7, 11) is 1.58. The number of halogens is 1. The van der Waals surface area contributed by atoms with Gasteiger partial charge in [0.2, 0.25) is 0 Å². The van der Waals surface area contributed by atoms with Crippen molar-refractivity contribution in [3.8, 4) is 11.4 Å². The number of hydrogen-bond donors (Lipinski definition) is 1. The van der Waals surface area contributed by atoms with Gasteiger partial charge in [-0.15, -0.1) is 0 Å². The van der Waals surface area contributed by atoms with E-state index in [0.717, 1.165) is 17.1 Å². The van der Waals surface area contributed by atoms with E-state index in [0.29, 0.717) is 16.3 Å². The van der Waals surface area contributed by atoms with Crippen LogP contribution in [0.3, 0.4) is 0 Å². The number of benzene rings is 1. The Morgan fingerprint density at radius 2 is 2.05 bits per heavy atom. The van der Waals surface area contributed by atoms with Crippen molar-refractivity contribution in [1.82, 2.24) is 9.78 Å². The maximum Gasteiger partial charge on any atom is 0.126 e. The summed E-state index contributed by atoms with van der Waals surface area (Å²) in [6.07, 6.45) is -0.658. The van der Waals surface area contributed by atoms with Crippen LogP contribution in [0, 0.1) is 13.8 Å². The summed E-state index contributed by atoms with van der Waals surface area (Å²) < 4.78 is 7.05. The van der Waals surface area contributed by atoms with Crippen LogP contribution in [-0.4, -0.2) is 22.0 Å². The summed E-state index contributed by atoms with van der Waals surface area (Å²) in [5.41, 5.74) is 3.09. The van der Waals surface area contributed by atoms with Gasteiger partial charge in [-0.2, -0.15) is 5.10 Å². The molecule has 1 atom stereocenters. The number of aromatic nitrogens is 2. The van der Waals surface area contributed by atoms with Gasteiger partial charge in [-0.25, -0.2) is 4.68 Å². The Hall–Kier alpha value is -1.52. The lowest BCUT2D eigenvalue weighted by atomic mass is 10.1. The van der Waals surface area contributed by atoms with Crippen LogP contribution >= 0.6 is 11.6 Å². The lowest BCUT2D eigenvalue weighted by Crippen LogP contribution is -2.07. The number of aliphatic hydroxyl groups excluding tert-OH is 1. The van der Waals surface area contributed by atoms with Crippen LogP contribution in [0.4, 0.5) is 0 Å².